The topological polar surface area (TPSA) is 55.4 Å². The Balaban J connectivity index is 2.22. The summed E-state index contributed by atoms with van der Waals surface area (Å²) in [6.45, 7) is 1.48. The highest BCUT2D eigenvalue weighted by atomic mass is 79.9. The molecule has 0 unspecified atom stereocenters. The molecule has 1 rings (SSSR count). The van der Waals surface area contributed by atoms with Crippen molar-refractivity contribution in [3.8, 4) is 5.75 Å². The van der Waals surface area contributed by atoms with Crippen LogP contribution in [0.15, 0.2) is 22.7 Å². The molecule has 0 heterocycles. The number of hydrogen-bond acceptors (Lipinski definition) is 4. The van der Waals surface area contributed by atoms with Gasteiger partial charge in [-0.3, -0.25) is 0 Å². The lowest BCUT2D eigenvalue weighted by molar-refractivity contribution is 0.313. The monoisotopic (exact) mass is 355 g/mol. The fourth-order valence-corrected chi connectivity index (χ4v) is 2.52. The van der Waals surface area contributed by atoms with E-state index in [1.54, 1.807) is 18.2 Å². The van der Waals surface area contributed by atoms with Crippen LogP contribution in [0.1, 0.15) is 0 Å². The Hall–Kier alpha value is -0.300. The molecule has 1 N–H and O–H groups in total. The van der Waals surface area contributed by atoms with E-state index in [0.717, 1.165) is 4.47 Å². The molecule has 0 saturated carbocycles. The summed E-state index contributed by atoms with van der Waals surface area (Å²) in [7, 11) is -2.90. The summed E-state index contributed by atoms with van der Waals surface area (Å²) < 4.78 is 28.0. The van der Waals surface area contributed by atoms with Gasteiger partial charge in [0.15, 0.2) is 0 Å². The highest BCUT2D eigenvalue weighted by molar-refractivity contribution is 9.10. The first-order valence-corrected chi connectivity index (χ1v) is 8.58. The summed E-state index contributed by atoms with van der Waals surface area (Å²) in [5.74, 6) is 0.849. The Morgan fingerprint density at radius 3 is 2.72 bits per heavy atom. The van der Waals surface area contributed by atoms with Crippen molar-refractivity contribution in [3.63, 3.8) is 0 Å². The van der Waals surface area contributed by atoms with E-state index in [-0.39, 0.29) is 5.75 Å². The third-order valence-corrected chi connectivity index (χ3v) is 3.88. The van der Waals surface area contributed by atoms with E-state index in [0.29, 0.717) is 30.5 Å². The second-order valence-corrected chi connectivity index (χ2v) is 7.35. The van der Waals surface area contributed by atoms with E-state index in [1.807, 2.05) is 0 Å². The molecule has 0 spiro atoms. The third kappa shape index (κ3) is 6.58. The molecular weight excluding hydrogens is 342 g/mol. The molecule has 0 radical (unpaired) electrons. The maximum absolute atomic E-state index is 10.9. The number of hydrogen-bond donors (Lipinski definition) is 1. The Morgan fingerprint density at radius 1 is 1.39 bits per heavy atom. The molecule has 102 valence electrons. The van der Waals surface area contributed by atoms with Crippen LogP contribution in [0.2, 0.25) is 5.02 Å². The lowest BCUT2D eigenvalue weighted by atomic mass is 10.3. The molecule has 4 nitrogen and oxygen atoms in total. The lowest BCUT2D eigenvalue weighted by Gasteiger charge is -2.09. The summed E-state index contributed by atoms with van der Waals surface area (Å²) in [4.78, 5) is 0. The summed E-state index contributed by atoms with van der Waals surface area (Å²) in [6.07, 6.45) is 1.22. The van der Waals surface area contributed by atoms with Crippen molar-refractivity contribution in [2.24, 2.45) is 0 Å². The fraction of sp³-hybridized carbons (Fsp3) is 0.455. The van der Waals surface area contributed by atoms with Gasteiger partial charge >= 0.3 is 0 Å². The molecule has 7 heteroatoms. The van der Waals surface area contributed by atoms with Gasteiger partial charge in [-0.05, 0) is 34.1 Å². The van der Waals surface area contributed by atoms with Gasteiger partial charge in [0.1, 0.15) is 22.2 Å². The maximum atomic E-state index is 10.9. The van der Waals surface area contributed by atoms with Crippen LogP contribution in [0.3, 0.4) is 0 Å². The minimum atomic E-state index is -2.90. The smallest absolute Gasteiger partial charge is 0.148 e. The average molecular weight is 357 g/mol. The average Bonchev–Trinajstić information content (AvgIpc) is 2.24. The van der Waals surface area contributed by atoms with Crippen LogP contribution in [0.4, 0.5) is 0 Å². The normalized spacial score (nSPS) is 11.5. The van der Waals surface area contributed by atoms with Crippen LogP contribution in [0.25, 0.3) is 0 Å². The molecule has 0 amide bonds. The van der Waals surface area contributed by atoms with Crippen molar-refractivity contribution < 1.29 is 13.2 Å². The van der Waals surface area contributed by atoms with Gasteiger partial charge in [0.05, 0.1) is 10.2 Å². The molecule has 0 saturated heterocycles. The second kappa shape index (κ2) is 7.33. The van der Waals surface area contributed by atoms with Crippen LogP contribution >= 0.6 is 27.5 Å². The summed E-state index contributed by atoms with van der Waals surface area (Å²) in [5, 5.41) is 3.64. The van der Waals surface area contributed by atoms with Gasteiger partial charge in [0.2, 0.25) is 0 Å². The Labute approximate surface area is 121 Å². The van der Waals surface area contributed by atoms with Crippen molar-refractivity contribution >= 4 is 37.4 Å². The molecule has 0 fully saturated rings. The highest BCUT2D eigenvalue weighted by Gasteiger charge is 2.02. The standard InChI is InChI=1S/C11H15BrClNO3S/c1-18(15,16)7-5-14-4-6-17-11-3-2-9(13)8-10(11)12/h2-3,8,14H,4-7H2,1H3. The minimum absolute atomic E-state index is 0.137. The maximum Gasteiger partial charge on any atom is 0.148 e. The van der Waals surface area contributed by atoms with Gasteiger partial charge < -0.3 is 10.1 Å². The van der Waals surface area contributed by atoms with Crippen molar-refractivity contribution in [1.82, 2.24) is 5.32 Å². The SMILES string of the molecule is CS(=O)(=O)CCNCCOc1ccc(Cl)cc1Br. The van der Waals surface area contributed by atoms with Gasteiger partial charge in [0.25, 0.3) is 0 Å². The molecule has 0 aliphatic heterocycles. The van der Waals surface area contributed by atoms with Crippen molar-refractivity contribution in [3.05, 3.63) is 27.7 Å². The zero-order chi connectivity index (χ0) is 13.6. The van der Waals surface area contributed by atoms with E-state index in [9.17, 15) is 8.42 Å². The summed E-state index contributed by atoms with van der Waals surface area (Å²) in [5.41, 5.74) is 0. The number of ether oxygens (including phenoxy) is 1. The highest BCUT2D eigenvalue weighted by Crippen LogP contribution is 2.27. The first-order valence-electron chi connectivity index (χ1n) is 5.35. The number of benzene rings is 1. The molecule has 0 aliphatic carbocycles. The van der Waals surface area contributed by atoms with Crippen molar-refractivity contribution in [2.45, 2.75) is 0 Å². The van der Waals surface area contributed by atoms with Gasteiger partial charge in [-0.1, -0.05) is 11.6 Å². The second-order valence-electron chi connectivity index (χ2n) is 3.80. The lowest BCUT2D eigenvalue weighted by Crippen LogP contribution is -2.26. The van der Waals surface area contributed by atoms with Gasteiger partial charge in [0, 0.05) is 24.4 Å². The first kappa shape index (κ1) is 15.8. The van der Waals surface area contributed by atoms with Crippen LogP contribution in [-0.4, -0.2) is 40.1 Å². The van der Waals surface area contributed by atoms with Gasteiger partial charge in [-0.25, -0.2) is 8.42 Å². The quantitative estimate of drug-likeness (QED) is 0.760. The van der Waals surface area contributed by atoms with Crippen LogP contribution < -0.4 is 10.1 Å². The zero-order valence-electron chi connectivity index (χ0n) is 9.95. The first-order chi connectivity index (χ1) is 8.38. The summed E-state index contributed by atoms with van der Waals surface area (Å²) >= 11 is 9.15. The Kier molecular flexibility index (Phi) is 6.42. The predicted molar refractivity (Wildman–Crippen MR) is 77.2 cm³/mol. The van der Waals surface area contributed by atoms with Crippen molar-refractivity contribution in [2.75, 3.05) is 31.7 Å². The van der Waals surface area contributed by atoms with Crippen LogP contribution in [-0.2, 0) is 9.84 Å². The third-order valence-electron chi connectivity index (χ3n) is 2.08. The number of nitrogens with one attached hydrogen (secondary N) is 1. The Morgan fingerprint density at radius 2 is 2.11 bits per heavy atom. The molecule has 1 aromatic carbocycles. The molecule has 18 heavy (non-hydrogen) atoms. The molecule has 1 aromatic rings. The van der Waals surface area contributed by atoms with E-state index < -0.39 is 9.84 Å². The zero-order valence-corrected chi connectivity index (χ0v) is 13.1. The fourth-order valence-electron chi connectivity index (χ4n) is 1.21. The molecular formula is C11H15BrClNO3S. The number of halogens is 2. The minimum Gasteiger partial charge on any atom is -0.491 e. The van der Waals surface area contributed by atoms with Crippen LogP contribution in [0.5, 0.6) is 5.75 Å². The van der Waals surface area contributed by atoms with Gasteiger partial charge in [-0.15, -0.1) is 0 Å². The van der Waals surface area contributed by atoms with E-state index >= 15 is 0 Å². The van der Waals surface area contributed by atoms with E-state index in [1.165, 1.54) is 6.26 Å². The Bertz CT molecular complexity index is 493. The largest absolute Gasteiger partial charge is 0.491 e. The van der Waals surface area contributed by atoms with E-state index in [2.05, 4.69) is 21.2 Å². The molecule has 0 atom stereocenters. The number of sulfone groups is 1. The van der Waals surface area contributed by atoms with Gasteiger partial charge in [-0.2, -0.15) is 0 Å². The van der Waals surface area contributed by atoms with Crippen LogP contribution in [0, 0.1) is 0 Å². The molecule has 0 aliphatic rings. The summed E-state index contributed by atoms with van der Waals surface area (Å²) in [6, 6.07) is 5.29. The molecule has 0 bridgehead atoms. The number of rotatable bonds is 7. The van der Waals surface area contributed by atoms with Crippen molar-refractivity contribution in [1.29, 1.82) is 0 Å². The van der Waals surface area contributed by atoms with E-state index in [4.69, 9.17) is 16.3 Å². The predicted octanol–water partition coefficient (Wildman–Crippen LogP) is 2.12. The molecule has 0 aromatic heterocycles.